The van der Waals surface area contributed by atoms with Gasteiger partial charge in [0.25, 0.3) is 15.7 Å². The van der Waals surface area contributed by atoms with Gasteiger partial charge in [0, 0.05) is 18.2 Å². The lowest BCUT2D eigenvalue weighted by atomic mass is 10.1. The Labute approximate surface area is 227 Å². The van der Waals surface area contributed by atoms with Crippen LogP contribution < -0.4 is 23.8 Å². The molecule has 0 saturated carbocycles. The maximum Gasteiger partial charge on any atom is 0.273 e. The highest BCUT2D eigenvalue weighted by Crippen LogP contribution is 2.29. The molecule has 12 heteroatoms. The Balaban J connectivity index is 1.76. The number of carbonyl (C=O) groups is 1. The van der Waals surface area contributed by atoms with Crippen molar-refractivity contribution in [2.24, 2.45) is 0 Å². The quantitative estimate of drug-likeness (QED) is 0.190. The van der Waals surface area contributed by atoms with Crippen LogP contribution in [0.5, 0.6) is 17.2 Å². The summed E-state index contributed by atoms with van der Waals surface area (Å²) in [4.78, 5) is 23.3. The van der Waals surface area contributed by atoms with E-state index in [1.165, 1.54) is 38.3 Å². The zero-order chi connectivity index (χ0) is 28.6. The number of hydrogen-bond donors (Lipinski definition) is 1. The lowest BCUT2D eigenvalue weighted by Crippen LogP contribution is -2.41. The fourth-order valence-corrected chi connectivity index (χ4v) is 5.32. The van der Waals surface area contributed by atoms with Gasteiger partial charge in [-0.25, -0.2) is 8.42 Å². The van der Waals surface area contributed by atoms with Crippen molar-refractivity contribution in [3.63, 3.8) is 0 Å². The van der Waals surface area contributed by atoms with Gasteiger partial charge in [0.15, 0.2) is 11.5 Å². The number of nitrogens with zero attached hydrogens (tertiary/aromatic N) is 2. The number of nitrogens with one attached hydrogen (secondary N) is 1. The van der Waals surface area contributed by atoms with Crippen LogP contribution in [-0.4, -0.2) is 53.7 Å². The summed E-state index contributed by atoms with van der Waals surface area (Å²) in [5.41, 5.74) is 1.19. The molecule has 0 heterocycles. The maximum absolute atomic E-state index is 13.6. The van der Waals surface area contributed by atoms with Crippen LogP contribution in [0.3, 0.4) is 0 Å². The average molecular weight is 558 g/mol. The molecular weight excluding hydrogens is 526 g/mol. The summed E-state index contributed by atoms with van der Waals surface area (Å²) < 4.78 is 43.8. The van der Waals surface area contributed by atoms with Gasteiger partial charge < -0.3 is 19.5 Å². The first-order chi connectivity index (χ1) is 18.6. The molecule has 1 amide bonds. The highest BCUT2D eigenvalue weighted by Gasteiger charge is 2.29. The molecule has 0 bridgehead atoms. The van der Waals surface area contributed by atoms with Gasteiger partial charge >= 0.3 is 0 Å². The van der Waals surface area contributed by atoms with Crippen molar-refractivity contribution in [3.05, 3.63) is 81.9 Å². The van der Waals surface area contributed by atoms with Crippen molar-refractivity contribution < 1.29 is 32.3 Å². The van der Waals surface area contributed by atoms with Gasteiger partial charge in [-0.05, 0) is 67.8 Å². The third-order valence-electron chi connectivity index (χ3n) is 6.03. The number of hydrogen-bond acceptors (Lipinski definition) is 8. The van der Waals surface area contributed by atoms with E-state index in [9.17, 15) is 23.3 Å². The SMILES string of the molecule is COc1ccc(N(CC(=O)NCCCc2ccc(OC)c(OC)c2)S(=O)(=O)c2ccc(C)c([N+](=O)[O-])c2)cc1. The van der Waals surface area contributed by atoms with E-state index in [-0.39, 0.29) is 16.3 Å². The van der Waals surface area contributed by atoms with Crippen molar-refractivity contribution in [1.82, 2.24) is 5.32 Å². The minimum absolute atomic E-state index is 0.208. The van der Waals surface area contributed by atoms with Crippen molar-refractivity contribution in [2.75, 3.05) is 38.7 Å². The fraction of sp³-hybridized carbons (Fsp3) is 0.296. The van der Waals surface area contributed by atoms with Crippen molar-refractivity contribution >= 4 is 27.3 Å². The Hall–Kier alpha value is -4.32. The van der Waals surface area contributed by atoms with E-state index in [1.807, 2.05) is 12.1 Å². The van der Waals surface area contributed by atoms with Crippen LogP contribution in [0.25, 0.3) is 0 Å². The highest BCUT2D eigenvalue weighted by molar-refractivity contribution is 7.92. The molecule has 0 saturated heterocycles. The summed E-state index contributed by atoms with van der Waals surface area (Å²) in [6.45, 7) is 1.30. The molecule has 0 aromatic heterocycles. The molecule has 0 aliphatic heterocycles. The van der Waals surface area contributed by atoms with Crippen molar-refractivity contribution in [2.45, 2.75) is 24.7 Å². The number of nitro benzene ring substituents is 1. The number of aryl methyl sites for hydroxylation is 2. The van der Waals surface area contributed by atoms with Crippen LogP contribution in [-0.2, 0) is 21.2 Å². The van der Waals surface area contributed by atoms with E-state index in [2.05, 4.69) is 5.32 Å². The van der Waals surface area contributed by atoms with E-state index in [0.29, 0.717) is 42.2 Å². The third-order valence-corrected chi connectivity index (χ3v) is 7.80. The van der Waals surface area contributed by atoms with Gasteiger partial charge in [-0.2, -0.15) is 0 Å². The largest absolute Gasteiger partial charge is 0.497 e. The maximum atomic E-state index is 13.6. The molecule has 3 rings (SSSR count). The van der Waals surface area contributed by atoms with Crippen LogP contribution >= 0.6 is 0 Å². The van der Waals surface area contributed by atoms with Crippen molar-refractivity contribution in [1.29, 1.82) is 0 Å². The lowest BCUT2D eigenvalue weighted by Gasteiger charge is -2.24. The molecule has 0 atom stereocenters. The van der Waals surface area contributed by atoms with Gasteiger partial charge in [-0.1, -0.05) is 12.1 Å². The number of nitro groups is 1. The molecule has 11 nitrogen and oxygen atoms in total. The molecule has 0 spiro atoms. The second-order valence-corrected chi connectivity index (χ2v) is 10.4. The smallest absolute Gasteiger partial charge is 0.273 e. The van der Waals surface area contributed by atoms with Crippen LogP contribution in [0.15, 0.2) is 65.6 Å². The number of benzene rings is 3. The molecule has 0 aliphatic carbocycles. The third kappa shape index (κ3) is 7.17. The van der Waals surface area contributed by atoms with Crippen LogP contribution in [0.4, 0.5) is 11.4 Å². The van der Waals surface area contributed by atoms with Gasteiger partial charge in [0.2, 0.25) is 5.91 Å². The normalized spacial score (nSPS) is 11.0. The zero-order valence-corrected chi connectivity index (χ0v) is 23.0. The van der Waals surface area contributed by atoms with Crippen molar-refractivity contribution in [3.8, 4) is 17.2 Å². The molecule has 0 aliphatic rings. The Kier molecular flexibility index (Phi) is 9.72. The van der Waals surface area contributed by atoms with Gasteiger partial charge in [0.1, 0.15) is 12.3 Å². The summed E-state index contributed by atoms with van der Waals surface area (Å²) in [7, 11) is 0.262. The number of ether oxygens (including phenoxy) is 3. The van der Waals surface area contributed by atoms with E-state index in [1.54, 1.807) is 32.4 Å². The minimum atomic E-state index is -4.33. The zero-order valence-electron chi connectivity index (χ0n) is 22.2. The first-order valence-corrected chi connectivity index (χ1v) is 13.4. The molecule has 0 radical (unpaired) electrons. The molecule has 1 N–H and O–H groups in total. The number of anilines is 1. The predicted octanol–water partition coefficient (Wildman–Crippen LogP) is 3.87. The highest BCUT2D eigenvalue weighted by atomic mass is 32.2. The average Bonchev–Trinajstić information content (AvgIpc) is 2.93. The van der Waals surface area contributed by atoms with E-state index < -0.39 is 27.4 Å². The van der Waals surface area contributed by atoms with Crippen LogP contribution in [0.2, 0.25) is 0 Å². The minimum Gasteiger partial charge on any atom is -0.497 e. The molecule has 39 heavy (non-hydrogen) atoms. The topological polar surface area (TPSA) is 137 Å². The molecule has 0 fully saturated rings. The summed E-state index contributed by atoms with van der Waals surface area (Å²) in [5, 5.41) is 14.2. The molecule has 0 unspecified atom stereocenters. The second-order valence-electron chi connectivity index (χ2n) is 8.56. The summed E-state index contributed by atoms with van der Waals surface area (Å²) >= 11 is 0. The number of methoxy groups -OCH3 is 3. The number of sulfonamides is 1. The van der Waals surface area contributed by atoms with Gasteiger partial charge in [-0.15, -0.1) is 0 Å². The second kappa shape index (κ2) is 13.0. The van der Waals surface area contributed by atoms with E-state index >= 15 is 0 Å². The number of rotatable bonds is 13. The number of amides is 1. The van der Waals surface area contributed by atoms with E-state index in [0.717, 1.165) is 15.9 Å². The van der Waals surface area contributed by atoms with Gasteiger partial charge in [-0.3, -0.25) is 19.2 Å². The Morgan fingerprint density at radius 3 is 2.26 bits per heavy atom. The Morgan fingerprint density at radius 1 is 0.949 bits per heavy atom. The summed E-state index contributed by atoms with van der Waals surface area (Å²) in [6, 6.07) is 15.4. The van der Waals surface area contributed by atoms with Gasteiger partial charge in [0.05, 0.1) is 36.8 Å². The molecule has 3 aromatic rings. The predicted molar refractivity (Wildman–Crippen MR) is 146 cm³/mol. The first-order valence-electron chi connectivity index (χ1n) is 12.0. The molecule has 3 aromatic carbocycles. The summed E-state index contributed by atoms with van der Waals surface area (Å²) in [5.74, 6) is 1.20. The van der Waals surface area contributed by atoms with E-state index in [4.69, 9.17) is 14.2 Å². The van der Waals surface area contributed by atoms with Crippen LogP contribution in [0, 0.1) is 17.0 Å². The summed E-state index contributed by atoms with van der Waals surface area (Å²) in [6.07, 6.45) is 1.24. The Morgan fingerprint density at radius 2 is 1.64 bits per heavy atom. The molecule has 208 valence electrons. The number of carbonyl (C=O) groups excluding carboxylic acids is 1. The molecular formula is C27H31N3O8S. The standard InChI is InChI=1S/C27H31N3O8S/c1-19-7-13-23(17-24(19)30(32)33)39(34,35)29(21-9-11-22(36-2)12-10-21)18-27(31)28-15-5-6-20-8-14-25(37-3)26(16-20)38-4/h7-14,16-17H,5-6,15,18H2,1-4H3,(H,28,31). The lowest BCUT2D eigenvalue weighted by molar-refractivity contribution is -0.385. The van der Waals surface area contributed by atoms with Crippen LogP contribution in [0.1, 0.15) is 17.5 Å². The fourth-order valence-electron chi connectivity index (χ4n) is 3.88. The Bertz CT molecular complexity index is 1430. The monoisotopic (exact) mass is 557 g/mol. The first kappa shape index (κ1) is 29.2.